The average molecular weight is 244 g/mol. The highest BCUT2D eigenvalue weighted by molar-refractivity contribution is 6.31. The van der Waals surface area contributed by atoms with Gasteiger partial charge in [-0.15, -0.1) is 0 Å². The molecule has 1 aliphatic heterocycles. The van der Waals surface area contributed by atoms with Crippen LogP contribution < -0.4 is 5.73 Å². The fourth-order valence-corrected chi connectivity index (χ4v) is 2.37. The zero-order valence-corrected chi connectivity index (χ0v) is 9.88. The highest BCUT2D eigenvalue weighted by Gasteiger charge is 2.29. The largest absolute Gasteiger partial charge is 0.378 e. The van der Waals surface area contributed by atoms with Crippen LogP contribution in [0.1, 0.15) is 24.9 Å². The molecule has 1 aromatic rings. The molecular weight excluding hydrogens is 229 g/mol. The number of rotatable bonds is 2. The molecule has 1 aliphatic rings. The van der Waals surface area contributed by atoms with Gasteiger partial charge in [-0.1, -0.05) is 11.6 Å². The zero-order chi connectivity index (χ0) is 11.7. The van der Waals surface area contributed by atoms with Crippen LogP contribution >= 0.6 is 11.6 Å². The Kier molecular flexibility index (Phi) is 3.47. The molecular formula is C12H15ClFNO. The molecule has 0 aliphatic carbocycles. The van der Waals surface area contributed by atoms with Crippen molar-refractivity contribution >= 4 is 11.6 Å². The number of nitrogens with two attached hydrogens (primary N) is 1. The molecule has 2 N–H and O–H groups in total. The molecule has 4 heteroatoms. The molecule has 0 spiro atoms. The third kappa shape index (κ3) is 2.37. The van der Waals surface area contributed by atoms with Gasteiger partial charge in [0.1, 0.15) is 5.82 Å². The lowest BCUT2D eigenvalue weighted by Crippen LogP contribution is -2.22. The van der Waals surface area contributed by atoms with Crippen LogP contribution in [0.3, 0.4) is 0 Å². The van der Waals surface area contributed by atoms with Crippen LogP contribution in [0, 0.1) is 11.7 Å². The number of hydrogen-bond donors (Lipinski definition) is 1. The van der Waals surface area contributed by atoms with Gasteiger partial charge in [0.05, 0.1) is 12.7 Å². The molecule has 0 saturated carbocycles. The van der Waals surface area contributed by atoms with Crippen LogP contribution in [-0.4, -0.2) is 12.7 Å². The van der Waals surface area contributed by atoms with Crippen molar-refractivity contribution in [2.24, 2.45) is 11.7 Å². The maximum Gasteiger partial charge on any atom is 0.123 e. The predicted octanol–water partition coefficient (Wildman–Crippen LogP) is 2.90. The van der Waals surface area contributed by atoms with Crippen molar-refractivity contribution in [3.05, 3.63) is 34.6 Å². The molecule has 0 radical (unpaired) electrons. The third-order valence-electron chi connectivity index (χ3n) is 3.05. The first kappa shape index (κ1) is 11.8. The van der Waals surface area contributed by atoms with E-state index in [4.69, 9.17) is 22.1 Å². The van der Waals surface area contributed by atoms with Crippen molar-refractivity contribution in [1.82, 2.24) is 0 Å². The average Bonchev–Trinajstić information content (AvgIpc) is 2.67. The van der Waals surface area contributed by atoms with Crippen molar-refractivity contribution in [3.8, 4) is 0 Å². The minimum Gasteiger partial charge on any atom is -0.378 e. The molecule has 0 bridgehead atoms. The molecule has 1 heterocycles. The van der Waals surface area contributed by atoms with Crippen LogP contribution in [0.15, 0.2) is 18.2 Å². The topological polar surface area (TPSA) is 35.2 Å². The van der Waals surface area contributed by atoms with Crippen molar-refractivity contribution in [2.45, 2.75) is 25.5 Å². The second-order valence-electron chi connectivity index (χ2n) is 4.33. The van der Waals surface area contributed by atoms with Gasteiger partial charge in [-0.05, 0) is 37.1 Å². The first-order chi connectivity index (χ1) is 7.58. The minimum absolute atomic E-state index is 0.217. The molecule has 0 aromatic heterocycles. The predicted molar refractivity (Wildman–Crippen MR) is 61.9 cm³/mol. The summed E-state index contributed by atoms with van der Waals surface area (Å²) in [5.41, 5.74) is 6.77. The smallest absolute Gasteiger partial charge is 0.123 e. The normalized spacial score (nSPS) is 27.0. The van der Waals surface area contributed by atoms with Crippen LogP contribution in [0.25, 0.3) is 0 Å². The Labute approximate surface area is 99.5 Å². The first-order valence-electron chi connectivity index (χ1n) is 5.40. The van der Waals surface area contributed by atoms with Gasteiger partial charge in [0.2, 0.25) is 0 Å². The maximum absolute atomic E-state index is 13.1. The van der Waals surface area contributed by atoms with E-state index in [-0.39, 0.29) is 23.9 Å². The van der Waals surface area contributed by atoms with Crippen molar-refractivity contribution in [3.63, 3.8) is 0 Å². The van der Waals surface area contributed by atoms with Gasteiger partial charge in [-0.3, -0.25) is 0 Å². The van der Waals surface area contributed by atoms with E-state index in [9.17, 15) is 4.39 Å². The highest BCUT2D eigenvalue weighted by Crippen LogP contribution is 2.33. The van der Waals surface area contributed by atoms with Crippen LogP contribution in [0.4, 0.5) is 4.39 Å². The fraction of sp³-hybridized carbons (Fsp3) is 0.500. The van der Waals surface area contributed by atoms with Gasteiger partial charge in [-0.25, -0.2) is 4.39 Å². The summed E-state index contributed by atoms with van der Waals surface area (Å²) in [4.78, 5) is 0. The zero-order valence-electron chi connectivity index (χ0n) is 9.12. The lowest BCUT2D eigenvalue weighted by Gasteiger charge is -2.19. The number of hydrogen-bond acceptors (Lipinski definition) is 2. The molecule has 1 saturated heterocycles. The van der Waals surface area contributed by atoms with Gasteiger partial charge in [0.15, 0.2) is 0 Å². The Bertz CT molecular complexity index is 385. The van der Waals surface area contributed by atoms with Crippen LogP contribution in [0.5, 0.6) is 0 Å². The Morgan fingerprint density at radius 3 is 2.94 bits per heavy atom. The Balaban J connectivity index is 2.20. The highest BCUT2D eigenvalue weighted by atomic mass is 35.5. The molecule has 3 atom stereocenters. The first-order valence-corrected chi connectivity index (χ1v) is 5.78. The van der Waals surface area contributed by atoms with E-state index in [1.165, 1.54) is 12.1 Å². The second-order valence-corrected chi connectivity index (χ2v) is 4.74. The quantitative estimate of drug-likeness (QED) is 0.867. The van der Waals surface area contributed by atoms with E-state index < -0.39 is 0 Å². The Morgan fingerprint density at radius 2 is 2.31 bits per heavy atom. The summed E-state index contributed by atoms with van der Waals surface area (Å²) in [6.07, 6.45) is 1.12. The standard InChI is InChI=1S/C12H15ClFNO/c1-7-4-8(6-16-7)12(15)10-5-9(14)2-3-11(10)13/h2-3,5,7-8,12H,4,6,15H2,1H3. The third-order valence-corrected chi connectivity index (χ3v) is 3.40. The number of ether oxygens (including phenoxy) is 1. The minimum atomic E-state index is -0.304. The van der Waals surface area contributed by atoms with E-state index in [0.29, 0.717) is 17.2 Å². The van der Waals surface area contributed by atoms with Crippen LogP contribution in [-0.2, 0) is 4.74 Å². The molecule has 88 valence electrons. The van der Waals surface area contributed by atoms with Gasteiger partial charge in [0.25, 0.3) is 0 Å². The summed E-state index contributed by atoms with van der Waals surface area (Å²) >= 11 is 6.02. The molecule has 3 unspecified atom stereocenters. The lowest BCUT2D eigenvalue weighted by atomic mass is 9.92. The second kappa shape index (κ2) is 4.70. The SMILES string of the molecule is CC1CC(C(N)c2cc(F)ccc2Cl)CO1. The Hall–Kier alpha value is -0.640. The molecule has 2 rings (SSSR count). The van der Waals surface area contributed by atoms with Gasteiger partial charge < -0.3 is 10.5 Å². The van der Waals surface area contributed by atoms with E-state index in [1.54, 1.807) is 6.07 Å². The summed E-state index contributed by atoms with van der Waals surface area (Å²) in [7, 11) is 0. The van der Waals surface area contributed by atoms with Gasteiger partial charge >= 0.3 is 0 Å². The van der Waals surface area contributed by atoms with Crippen LogP contribution in [0.2, 0.25) is 5.02 Å². The van der Waals surface area contributed by atoms with Gasteiger partial charge in [0, 0.05) is 17.0 Å². The van der Waals surface area contributed by atoms with E-state index >= 15 is 0 Å². The maximum atomic E-state index is 13.1. The van der Waals surface area contributed by atoms with E-state index in [2.05, 4.69) is 0 Å². The Morgan fingerprint density at radius 1 is 1.56 bits per heavy atom. The summed E-state index contributed by atoms with van der Waals surface area (Å²) in [5, 5.41) is 0.522. The fourth-order valence-electron chi connectivity index (χ4n) is 2.12. The van der Waals surface area contributed by atoms with Crippen molar-refractivity contribution in [1.29, 1.82) is 0 Å². The summed E-state index contributed by atoms with van der Waals surface area (Å²) in [5.74, 6) is -0.0869. The molecule has 1 aromatic carbocycles. The van der Waals surface area contributed by atoms with E-state index in [0.717, 1.165) is 6.42 Å². The summed E-state index contributed by atoms with van der Waals surface area (Å²) in [6.45, 7) is 2.63. The molecule has 1 fully saturated rings. The summed E-state index contributed by atoms with van der Waals surface area (Å²) < 4.78 is 18.6. The summed E-state index contributed by atoms with van der Waals surface area (Å²) in [6, 6.07) is 4.04. The van der Waals surface area contributed by atoms with Gasteiger partial charge in [-0.2, -0.15) is 0 Å². The number of halogens is 2. The molecule has 16 heavy (non-hydrogen) atoms. The molecule has 2 nitrogen and oxygen atoms in total. The lowest BCUT2D eigenvalue weighted by molar-refractivity contribution is 0.118. The van der Waals surface area contributed by atoms with Crippen molar-refractivity contribution < 1.29 is 9.13 Å². The molecule has 0 amide bonds. The van der Waals surface area contributed by atoms with E-state index in [1.807, 2.05) is 6.92 Å². The number of benzene rings is 1. The van der Waals surface area contributed by atoms with Crippen molar-refractivity contribution in [2.75, 3.05) is 6.61 Å². The monoisotopic (exact) mass is 243 g/mol.